The summed E-state index contributed by atoms with van der Waals surface area (Å²) in [5.74, 6) is 0.215. The molecule has 15 nitrogen and oxygen atoms in total. The molecule has 0 spiro atoms. The molecule has 232 valence electrons. The molecular formula is C28H30O15. The second-order valence-electron chi connectivity index (χ2n) is 10.3. The SMILES string of the molecule is O=C(O)CC(=O)OCC1OC(O)C(OOc2ccc3c(c2)C2Oc4cc5c(cc4C2CO3)OCO5)C(O)C1OCCCO. The van der Waals surface area contributed by atoms with Crippen LogP contribution in [0.2, 0.25) is 0 Å². The van der Waals surface area contributed by atoms with Crippen LogP contribution in [0.25, 0.3) is 0 Å². The fraction of sp³-hybridized carbons (Fsp3) is 0.500. The Morgan fingerprint density at radius 2 is 1.77 bits per heavy atom. The van der Waals surface area contributed by atoms with E-state index in [-0.39, 0.29) is 44.2 Å². The van der Waals surface area contributed by atoms with E-state index in [4.69, 9.17) is 53.1 Å². The van der Waals surface area contributed by atoms with Crippen LogP contribution >= 0.6 is 0 Å². The molecule has 0 saturated carbocycles. The summed E-state index contributed by atoms with van der Waals surface area (Å²) in [6.45, 7) is -0.145. The van der Waals surface area contributed by atoms with Crippen LogP contribution in [0.15, 0.2) is 30.3 Å². The van der Waals surface area contributed by atoms with Gasteiger partial charge < -0.3 is 58.5 Å². The first kappa shape index (κ1) is 29.2. The van der Waals surface area contributed by atoms with E-state index in [2.05, 4.69) is 0 Å². The second kappa shape index (κ2) is 12.4. The number of aliphatic carboxylic acids is 1. The van der Waals surface area contributed by atoms with Crippen molar-refractivity contribution in [1.29, 1.82) is 0 Å². The molecule has 0 aromatic heterocycles. The van der Waals surface area contributed by atoms with Crippen molar-refractivity contribution in [1.82, 2.24) is 0 Å². The first-order valence-electron chi connectivity index (χ1n) is 13.6. The molecule has 4 aliphatic heterocycles. The molecule has 0 radical (unpaired) electrons. The number of benzene rings is 2. The monoisotopic (exact) mass is 606 g/mol. The smallest absolute Gasteiger partial charge is 0.317 e. The molecule has 43 heavy (non-hydrogen) atoms. The molecule has 0 bridgehead atoms. The van der Waals surface area contributed by atoms with Crippen molar-refractivity contribution in [3.63, 3.8) is 0 Å². The first-order valence-corrected chi connectivity index (χ1v) is 13.6. The van der Waals surface area contributed by atoms with Crippen LogP contribution in [0.1, 0.15) is 36.0 Å². The number of hydrogen-bond acceptors (Lipinski definition) is 14. The summed E-state index contributed by atoms with van der Waals surface area (Å²) in [7, 11) is 0. The highest BCUT2D eigenvalue weighted by Crippen LogP contribution is 2.54. The van der Waals surface area contributed by atoms with Gasteiger partial charge in [-0.2, -0.15) is 4.89 Å². The number of ether oxygens (including phenoxy) is 7. The first-order chi connectivity index (χ1) is 20.8. The largest absolute Gasteiger partial charge is 0.492 e. The molecule has 1 fully saturated rings. The van der Waals surface area contributed by atoms with Gasteiger partial charge in [0.2, 0.25) is 6.79 Å². The van der Waals surface area contributed by atoms with E-state index in [0.29, 0.717) is 35.2 Å². The summed E-state index contributed by atoms with van der Waals surface area (Å²) in [5, 5.41) is 39.5. The normalized spacial score (nSPS) is 28.1. The summed E-state index contributed by atoms with van der Waals surface area (Å²) in [6, 6.07) is 8.63. The fourth-order valence-corrected chi connectivity index (χ4v) is 5.38. The van der Waals surface area contributed by atoms with Crippen LogP contribution in [0.4, 0.5) is 0 Å². The Bertz CT molecular complexity index is 1350. The van der Waals surface area contributed by atoms with E-state index in [1.807, 2.05) is 6.07 Å². The van der Waals surface area contributed by atoms with E-state index in [9.17, 15) is 19.8 Å². The summed E-state index contributed by atoms with van der Waals surface area (Å²) >= 11 is 0. The zero-order chi connectivity index (χ0) is 30.1. The maximum absolute atomic E-state index is 11.7. The van der Waals surface area contributed by atoms with Gasteiger partial charge in [0.05, 0.1) is 12.5 Å². The second-order valence-corrected chi connectivity index (χ2v) is 10.3. The van der Waals surface area contributed by atoms with Crippen LogP contribution < -0.4 is 23.8 Å². The van der Waals surface area contributed by atoms with E-state index < -0.39 is 55.7 Å². The zero-order valence-corrected chi connectivity index (χ0v) is 22.7. The Kier molecular flexibility index (Phi) is 8.43. The molecule has 4 heterocycles. The van der Waals surface area contributed by atoms with E-state index in [0.717, 1.165) is 5.56 Å². The molecule has 1 saturated heterocycles. The van der Waals surface area contributed by atoms with Gasteiger partial charge in [-0.25, -0.2) is 0 Å². The zero-order valence-electron chi connectivity index (χ0n) is 22.7. The van der Waals surface area contributed by atoms with Crippen LogP contribution in [-0.2, 0) is 28.7 Å². The number of carbonyl (C=O) groups is 2. The van der Waals surface area contributed by atoms with Crippen LogP contribution in [0.5, 0.6) is 28.7 Å². The van der Waals surface area contributed by atoms with Gasteiger partial charge in [0, 0.05) is 30.4 Å². The summed E-state index contributed by atoms with van der Waals surface area (Å²) in [4.78, 5) is 33.4. The number of carboxylic acid groups (broad SMARTS) is 1. The lowest BCUT2D eigenvalue weighted by Gasteiger charge is -2.41. The number of carboxylic acids is 1. The van der Waals surface area contributed by atoms with Crippen molar-refractivity contribution >= 4 is 11.9 Å². The fourth-order valence-electron chi connectivity index (χ4n) is 5.38. The Balaban J connectivity index is 1.12. The molecule has 15 heteroatoms. The lowest BCUT2D eigenvalue weighted by molar-refractivity contribution is -0.368. The average molecular weight is 607 g/mol. The van der Waals surface area contributed by atoms with Crippen molar-refractivity contribution in [2.45, 2.75) is 55.6 Å². The van der Waals surface area contributed by atoms with Crippen LogP contribution in [0.3, 0.4) is 0 Å². The lowest BCUT2D eigenvalue weighted by atomic mass is 9.89. The predicted molar refractivity (Wildman–Crippen MR) is 138 cm³/mol. The number of aliphatic hydroxyl groups is 3. The van der Waals surface area contributed by atoms with Crippen molar-refractivity contribution < 1.29 is 72.9 Å². The van der Waals surface area contributed by atoms with E-state index >= 15 is 0 Å². The maximum atomic E-state index is 11.7. The molecular weight excluding hydrogens is 576 g/mol. The third kappa shape index (κ3) is 6.00. The Morgan fingerprint density at radius 3 is 2.56 bits per heavy atom. The van der Waals surface area contributed by atoms with Gasteiger partial charge in [-0.15, -0.1) is 0 Å². The van der Waals surface area contributed by atoms with Gasteiger partial charge in [0.1, 0.15) is 48.9 Å². The topological polar surface area (TPSA) is 198 Å². The van der Waals surface area contributed by atoms with Gasteiger partial charge in [0.15, 0.2) is 29.6 Å². The van der Waals surface area contributed by atoms with Gasteiger partial charge in [-0.3, -0.25) is 9.59 Å². The van der Waals surface area contributed by atoms with Gasteiger partial charge in [-0.1, -0.05) is 0 Å². The number of hydrogen-bond donors (Lipinski definition) is 4. The number of aliphatic hydroxyl groups excluding tert-OH is 3. The minimum atomic E-state index is -1.74. The molecule has 7 unspecified atom stereocenters. The van der Waals surface area contributed by atoms with Crippen LogP contribution in [0, 0.1) is 0 Å². The van der Waals surface area contributed by atoms with Crippen molar-refractivity contribution in [3.05, 3.63) is 41.5 Å². The van der Waals surface area contributed by atoms with Crippen LogP contribution in [-0.4, -0.2) is 96.3 Å². The highest BCUT2D eigenvalue weighted by Gasteiger charge is 2.48. The van der Waals surface area contributed by atoms with Gasteiger partial charge in [-0.05, 0) is 30.7 Å². The van der Waals surface area contributed by atoms with Crippen molar-refractivity contribution in [2.24, 2.45) is 0 Å². The maximum Gasteiger partial charge on any atom is 0.317 e. The molecule has 7 atom stereocenters. The number of rotatable bonds is 11. The lowest BCUT2D eigenvalue weighted by Crippen LogP contribution is -2.60. The van der Waals surface area contributed by atoms with E-state index in [1.54, 1.807) is 24.3 Å². The molecule has 4 N–H and O–H groups in total. The summed E-state index contributed by atoms with van der Waals surface area (Å²) in [5.41, 5.74) is 1.63. The minimum Gasteiger partial charge on any atom is -0.492 e. The number of fused-ring (bicyclic) bond motifs is 6. The third-order valence-electron chi connectivity index (χ3n) is 7.44. The highest BCUT2D eigenvalue weighted by atomic mass is 17.2. The Morgan fingerprint density at radius 1 is 0.953 bits per heavy atom. The van der Waals surface area contributed by atoms with Gasteiger partial charge in [0.25, 0.3) is 0 Å². The quantitative estimate of drug-likeness (QED) is 0.0909. The third-order valence-corrected chi connectivity index (χ3v) is 7.44. The molecule has 4 aliphatic rings. The summed E-state index contributed by atoms with van der Waals surface area (Å²) in [6.07, 6.45) is -8.10. The molecule has 0 aliphatic carbocycles. The highest BCUT2D eigenvalue weighted by molar-refractivity contribution is 5.90. The van der Waals surface area contributed by atoms with Gasteiger partial charge >= 0.3 is 11.9 Å². The predicted octanol–water partition coefficient (Wildman–Crippen LogP) is 0.568. The molecule has 2 aromatic carbocycles. The Labute approximate surface area is 244 Å². The molecule has 6 rings (SSSR count). The van der Waals surface area contributed by atoms with E-state index in [1.165, 1.54) is 0 Å². The van der Waals surface area contributed by atoms with Crippen molar-refractivity contribution in [2.75, 3.05) is 33.2 Å². The Hall–Kier alpha value is -3.86. The molecule has 0 amide bonds. The molecule has 2 aromatic rings. The number of esters is 1. The average Bonchev–Trinajstić information content (AvgIpc) is 3.59. The van der Waals surface area contributed by atoms with Crippen molar-refractivity contribution in [3.8, 4) is 28.7 Å². The summed E-state index contributed by atoms with van der Waals surface area (Å²) < 4.78 is 39.3. The standard InChI is InChI=1S/C28H30O15/c29-4-1-5-35-26-21(11-37-23(32)9-22(30)31)41-28(34)27(24(26)33)43-42-13-2-3-17-15(6-13)25-16(10-36-17)14-7-19-20(39-12-38-19)8-18(14)40-25/h2-3,6-8,16,21,24-29,33-34H,1,4-5,9-12H2,(H,30,31). The minimum absolute atomic E-state index is 0.00182. The number of carbonyl (C=O) groups excluding carboxylic acids is 1.